The van der Waals surface area contributed by atoms with E-state index >= 15 is 0 Å². The number of aromatic nitrogens is 5. The summed E-state index contributed by atoms with van der Waals surface area (Å²) < 4.78 is 11.0. The molecule has 0 bridgehead atoms. The van der Waals surface area contributed by atoms with E-state index in [0.29, 0.717) is 17.7 Å². The molecule has 2 aliphatic rings. The number of furan rings is 1. The third-order valence-corrected chi connectivity index (χ3v) is 13.3. The summed E-state index contributed by atoms with van der Waals surface area (Å²) in [5, 5.41) is 6.81. The molecule has 1 aliphatic heterocycles. The van der Waals surface area contributed by atoms with Crippen LogP contribution in [0, 0.1) is 0 Å². The van der Waals surface area contributed by atoms with Gasteiger partial charge in [-0.3, -0.25) is 9.47 Å². The normalized spacial score (nSPS) is 14.7. The van der Waals surface area contributed by atoms with E-state index in [-0.39, 0.29) is 5.92 Å². The second-order valence-electron chi connectivity index (χ2n) is 16.7. The van der Waals surface area contributed by atoms with Crippen molar-refractivity contribution in [1.82, 2.24) is 24.1 Å². The van der Waals surface area contributed by atoms with Crippen molar-refractivity contribution in [2.24, 2.45) is 0 Å². The van der Waals surface area contributed by atoms with E-state index in [9.17, 15) is 0 Å². The lowest BCUT2D eigenvalue weighted by Crippen LogP contribution is -2.19. The highest BCUT2D eigenvalue weighted by Gasteiger charge is 2.37. The molecular formula is C57H36N6O. The van der Waals surface area contributed by atoms with Gasteiger partial charge in [0.25, 0.3) is 0 Å². The summed E-state index contributed by atoms with van der Waals surface area (Å²) in [6.45, 7) is 0. The number of fused-ring (bicyclic) bond motifs is 13. The molecule has 300 valence electrons. The number of allylic oxidation sites excluding steroid dienone is 4. The van der Waals surface area contributed by atoms with Crippen LogP contribution in [0.1, 0.15) is 17.9 Å². The molecule has 14 rings (SSSR count). The summed E-state index contributed by atoms with van der Waals surface area (Å²) in [5.74, 6) is 1.82. The first kappa shape index (κ1) is 35.1. The van der Waals surface area contributed by atoms with Gasteiger partial charge in [0, 0.05) is 55.2 Å². The zero-order valence-corrected chi connectivity index (χ0v) is 34.4. The Kier molecular flexibility index (Phi) is 7.39. The van der Waals surface area contributed by atoms with Crippen LogP contribution in [0.25, 0.3) is 99.7 Å². The highest BCUT2D eigenvalue weighted by Crippen LogP contribution is 2.51. The molecular weight excluding hydrogens is 785 g/mol. The van der Waals surface area contributed by atoms with Crippen molar-refractivity contribution in [3.05, 3.63) is 211 Å². The molecule has 64 heavy (non-hydrogen) atoms. The first-order valence-corrected chi connectivity index (χ1v) is 21.8. The highest BCUT2D eigenvalue weighted by atomic mass is 16.3. The van der Waals surface area contributed by atoms with Crippen LogP contribution in [0.4, 0.5) is 11.6 Å². The molecule has 12 aromatic rings. The molecule has 7 heteroatoms. The SMILES string of the molecule is C1=CCC2C(=C1)N(c1nc(-c3ccc4c(c3)oc3ccccc34)nc(-n3c4ccccc4c4c5c6ccccc6n(-c6ccccc6)c5ccc43)n1)c1ccc(-c3ccccc3)cc12. The Balaban J connectivity index is 1.05. The number of hydrogen-bond donors (Lipinski definition) is 0. The molecule has 7 nitrogen and oxygen atoms in total. The summed E-state index contributed by atoms with van der Waals surface area (Å²) in [6.07, 6.45) is 7.53. The van der Waals surface area contributed by atoms with E-state index in [0.717, 1.165) is 83.8 Å². The molecule has 0 fully saturated rings. The maximum absolute atomic E-state index is 6.43. The number of rotatable bonds is 5. The Bertz CT molecular complexity index is 3950. The fourth-order valence-electron chi connectivity index (χ4n) is 10.5. The molecule has 5 heterocycles. The number of hydrogen-bond acceptors (Lipinski definition) is 5. The monoisotopic (exact) mass is 820 g/mol. The van der Waals surface area contributed by atoms with Crippen LogP contribution >= 0.6 is 0 Å². The van der Waals surface area contributed by atoms with Crippen LogP contribution in [-0.2, 0) is 0 Å². The van der Waals surface area contributed by atoms with Gasteiger partial charge in [-0.2, -0.15) is 15.0 Å². The van der Waals surface area contributed by atoms with Crippen molar-refractivity contribution in [2.75, 3.05) is 4.90 Å². The van der Waals surface area contributed by atoms with Crippen LogP contribution in [0.15, 0.2) is 210 Å². The minimum atomic E-state index is 0.155. The van der Waals surface area contributed by atoms with Gasteiger partial charge in [0.15, 0.2) is 5.82 Å². The lowest BCUT2D eigenvalue weighted by molar-refractivity contribution is 0.669. The van der Waals surface area contributed by atoms with E-state index in [4.69, 9.17) is 19.4 Å². The number of para-hydroxylation sites is 4. The average molecular weight is 821 g/mol. The highest BCUT2D eigenvalue weighted by molar-refractivity contribution is 6.28. The largest absolute Gasteiger partial charge is 0.456 e. The van der Waals surface area contributed by atoms with Gasteiger partial charge in [-0.05, 0) is 95.9 Å². The fourth-order valence-corrected chi connectivity index (χ4v) is 10.5. The predicted molar refractivity (Wildman–Crippen MR) is 260 cm³/mol. The van der Waals surface area contributed by atoms with Gasteiger partial charge in [0.05, 0.1) is 27.8 Å². The fraction of sp³-hybridized carbons (Fsp3) is 0.0351. The van der Waals surface area contributed by atoms with Gasteiger partial charge in [-0.25, -0.2) is 0 Å². The minimum absolute atomic E-state index is 0.155. The Hall–Kier alpha value is -8.55. The van der Waals surface area contributed by atoms with Crippen molar-refractivity contribution < 1.29 is 4.42 Å². The molecule has 1 unspecified atom stereocenters. The average Bonchev–Trinajstić information content (AvgIpc) is 4.10. The predicted octanol–water partition coefficient (Wildman–Crippen LogP) is 14.4. The van der Waals surface area contributed by atoms with Crippen LogP contribution < -0.4 is 4.90 Å². The Morgan fingerprint density at radius 3 is 1.91 bits per heavy atom. The summed E-state index contributed by atoms with van der Waals surface area (Å²) >= 11 is 0. The second-order valence-corrected chi connectivity index (χ2v) is 16.7. The minimum Gasteiger partial charge on any atom is -0.456 e. The van der Waals surface area contributed by atoms with Gasteiger partial charge in [0.1, 0.15) is 11.2 Å². The smallest absolute Gasteiger partial charge is 0.240 e. The maximum Gasteiger partial charge on any atom is 0.240 e. The van der Waals surface area contributed by atoms with E-state index in [2.05, 4.69) is 196 Å². The third kappa shape index (κ3) is 5.06. The van der Waals surface area contributed by atoms with Crippen molar-refractivity contribution in [3.63, 3.8) is 0 Å². The summed E-state index contributed by atoms with van der Waals surface area (Å²) in [6, 6.07) is 64.4. The molecule has 0 N–H and O–H groups in total. The first-order valence-electron chi connectivity index (χ1n) is 21.8. The van der Waals surface area contributed by atoms with Gasteiger partial charge in [-0.1, -0.05) is 127 Å². The number of nitrogens with zero attached hydrogens (tertiary/aromatic N) is 6. The second kappa shape index (κ2) is 13.5. The molecule has 0 radical (unpaired) electrons. The Morgan fingerprint density at radius 2 is 1.11 bits per heavy atom. The Morgan fingerprint density at radius 1 is 0.469 bits per heavy atom. The van der Waals surface area contributed by atoms with E-state index in [1.807, 2.05) is 18.2 Å². The molecule has 0 saturated heterocycles. The van der Waals surface area contributed by atoms with E-state index in [1.54, 1.807) is 0 Å². The summed E-state index contributed by atoms with van der Waals surface area (Å²) in [5.41, 5.74) is 13.8. The van der Waals surface area contributed by atoms with Crippen molar-refractivity contribution in [3.8, 4) is 34.2 Å². The summed E-state index contributed by atoms with van der Waals surface area (Å²) in [4.78, 5) is 18.6. The molecule has 0 spiro atoms. The van der Waals surface area contributed by atoms with Gasteiger partial charge >= 0.3 is 0 Å². The molecule has 4 aromatic heterocycles. The van der Waals surface area contributed by atoms with E-state index in [1.165, 1.54) is 27.5 Å². The molecule has 0 saturated carbocycles. The van der Waals surface area contributed by atoms with Crippen LogP contribution in [0.2, 0.25) is 0 Å². The zero-order chi connectivity index (χ0) is 41.9. The Labute approximate surface area is 367 Å². The number of benzene rings is 8. The topological polar surface area (TPSA) is 64.9 Å². The first-order chi connectivity index (χ1) is 31.7. The molecule has 1 atom stereocenters. The van der Waals surface area contributed by atoms with Crippen molar-refractivity contribution in [2.45, 2.75) is 12.3 Å². The number of anilines is 2. The molecule has 1 aliphatic carbocycles. The third-order valence-electron chi connectivity index (χ3n) is 13.3. The van der Waals surface area contributed by atoms with Crippen molar-refractivity contribution in [1.29, 1.82) is 0 Å². The molecule has 8 aromatic carbocycles. The van der Waals surface area contributed by atoms with Gasteiger partial charge in [-0.15, -0.1) is 0 Å². The molecule has 0 amide bonds. The van der Waals surface area contributed by atoms with Crippen LogP contribution in [0.5, 0.6) is 0 Å². The summed E-state index contributed by atoms with van der Waals surface area (Å²) in [7, 11) is 0. The maximum atomic E-state index is 6.43. The van der Waals surface area contributed by atoms with Crippen LogP contribution in [0.3, 0.4) is 0 Å². The van der Waals surface area contributed by atoms with E-state index < -0.39 is 0 Å². The van der Waals surface area contributed by atoms with Gasteiger partial charge in [0.2, 0.25) is 11.9 Å². The lowest BCUT2D eigenvalue weighted by atomic mass is 9.90. The zero-order valence-electron chi connectivity index (χ0n) is 34.4. The quantitative estimate of drug-likeness (QED) is 0.173. The van der Waals surface area contributed by atoms with Crippen molar-refractivity contribution >= 4 is 77.2 Å². The van der Waals surface area contributed by atoms with Crippen LogP contribution in [-0.4, -0.2) is 24.1 Å². The van der Waals surface area contributed by atoms with Gasteiger partial charge < -0.3 is 8.98 Å². The lowest BCUT2D eigenvalue weighted by Gasteiger charge is -2.23. The standard InChI is InChI=1S/C57H36N6O/c1-3-15-35(16-4-1)36-28-30-48-44(33-36)39-19-7-11-23-45(39)62(48)56-58-55(37-27-29-41-40-20-10-14-26-51(40)64-52(41)34-37)59-57(60-56)63-47-25-13-9-22-43(47)54-50(63)32-31-49-53(54)42-21-8-12-24-46(42)61(49)38-17-5-2-6-18-38/h1-18,20-34,39H,19H2.